The van der Waals surface area contributed by atoms with E-state index in [2.05, 4.69) is 26.6 Å². The van der Waals surface area contributed by atoms with Gasteiger partial charge < -0.3 is 15.2 Å². The third-order valence-electron chi connectivity index (χ3n) is 3.34. The van der Waals surface area contributed by atoms with Gasteiger partial charge in [0.25, 0.3) is 5.91 Å². The molecule has 2 fully saturated rings. The molecule has 0 bridgehead atoms. The molecule has 6 heteroatoms. The van der Waals surface area contributed by atoms with Gasteiger partial charge in [-0.3, -0.25) is 9.59 Å². The van der Waals surface area contributed by atoms with Crippen molar-refractivity contribution in [2.45, 2.75) is 37.8 Å². The van der Waals surface area contributed by atoms with Gasteiger partial charge in [-0.2, -0.15) is 0 Å². The Balaban J connectivity index is 1.58. The van der Waals surface area contributed by atoms with Crippen molar-refractivity contribution in [1.82, 2.24) is 15.2 Å². The molecule has 102 valence electrons. The van der Waals surface area contributed by atoms with Crippen molar-refractivity contribution in [3.8, 4) is 0 Å². The van der Waals surface area contributed by atoms with Crippen LogP contribution in [0, 0.1) is 0 Å². The van der Waals surface area contributed by atoms with Crippen LogP contribution < -0.4 is 10.6 Å². The van der Waals surface area contributed by atoms with Gasteiger partial charge in [0, 0.05) is 22.8 Å². The van der Waals surface area contributed by atoms with Crippen molar-refractivity contribution in [1.29, 1.82) is 0 Å². The fraction of sp³-hybridized carbons (Fsp3) is 0.538. The van der Waals surface area contributed by atoms with Gasteiger partial charge in [-0.25, -0.2) is 0 Å². The lowest BCUT2D eigenvalue weighted by molar-refractivity contribution is -0.120. The summed E-state index contributed by atoms with van der Waals surface area (Å²) in [5, 5.41) is 5.52. The minimum atomic E-state index is -0.191. The van der Waals surface area contributed by atoms with Gasteiger partial charge in [0.1, 0.15) is 5.69 Å². The Labute approximate surface area is 119 Å². The summed E-state index contributed by atoms with van der Waals surface area (Å²) in [5.41, 5.74) is 0.619. The fourth-order valence-electron chi connectivity index (χ4n) is 2.04. The van der Waals surface area contributed by atoms with Gasteiger partial charge >= 0.3 is 0 Å². The van der Waals surface area contributed by atoms with Crippen LogP contribution in [0.25, 0.3) is 0 Å². The highest BCUT2D eigenvalue weighted by Crippen LogP contribution is 2.37. The molecule has 0 aliphatic heterocycles. The quantitative estimate of drug-likeness (QED) is 0.863. The summed E-state index contributed by atoms with van der Waals surface area (Å²) in [7, 11) is 0. The first-order valence-electron chi connectivity index (χ1n) is 6.58. The third kappa shape index (κ3) is 3.18. The lowest BCUT2D eigenvalue weighted by Gasteiger charge is -2.08. The highest BCUT2D eigenvalue weighted by Gasteiger charge is 2.28. The van der Waals surface area contributed by atoms with Crippen LogP contribution in [0.15, 0.2) is 16.7 Å². The highest BCUT2D eigenvalue weighted by atomic mass is 79.9. The zero-order valence-corrected chi connectivity index (χ0v) is 12.1. The molecule has 1 aromatic heterocycles. The van der Waals surface area contributed by atoms with Crippen molar-refractivity contribution in [2.24, 2.45) is 0 Å². The number of carbonyl (C=O) groups is 2. The zero-order chi connectivity index (χ0) is 13.4. The maximum atomic E-state index is 12.1. The van der Waals surface area contributed by atoms with E-state index < -0.39 is 0 Å². The lowest BCUT2D eigenvalue weighted by Crippen LogP contribution is -2.38. The minimum absolute atomic E-state index is 0.0444. The topological polar surface area (TPSA) is 63.1 Å². The molecule has 5 nitrogen and oxygen atoms in total. The number of amides is 2. The van der Waals surface area contributed by atoms with Crippen molar-refractivity contribution in [3.63, 3.8) is 0 Å². The van der Waals surface area contributed by atoms with Gasteiger partial charge in [0.15, 0.2) is 0 Å². The molecule has 2 N–H and O–H groups in total. The second-order valence-corrected chi connectivity index (χ2v) is 6.12. The van der Waals surface area contributed by atoms with Crippen LogP contribution in [-0.4, -0.2) is 29.0 Å². The minimum Gasteiger partial charge on any atom is -0.352 e. The largest absolute Gasteiger partial charge is 0.352 e. The summed E-state index contributed by atoms with van der Waals surface area (Å²) >= 11 is 3.39. The summed E-state index contributed by atoms with van der Waals surface area (Å²) < 4.78 is 2.88. The van der Waals surface area contributed by atoms with E-state index in [4.69, 9.17) is 0 Å². The Morgan fingerprint density at radius 3 is 2.68 bits per heavy atom. The van der Waals surface area contributed by atoms with E-state index in [9.17, 15) is 9.59 Å². The molecule has 0 spiro atoms. The summed E-state index contributed by atoms with van der Waals surface area (Å²) in [5.74, 6) is -0.303. The van der Waals surface area contributed by atoms with E-state index in [0.717, 1.165) is 30.2 Å². The van der Waals surface area contributed by atoms with Crippen LogP contribution in [0.3, 0.4) is 0 Å². The molecule has 1 aromatic rings. The molecule has 2 saturated carbocycles. The second kappa shape index (κ2) is 5.00. The van der Waals surface area contributed by atoms with Crippen LogP contribution in [0.5, 0.6) is 0 Å². The summed E-state index contributed by atoms with van der Waals surface area (Å²) in [6, 6.07) is 2.56. The Morgan fingerprint density at radius 2 is 2.05 bits per heavy atom. The number of hydrogen-bond donors (Lipinski definition) is 2. The van der Waals surface area contributed by atoms with Crippen molar-refractivity contribution in [2.75, 3.05) is 6.54 Å². The number of aromatic nitrogens is 1. The standard InChI is InChI=1S/C13H16BrN3O2/c14-8-5-11(17(7-8)10-3-4-10)13(19)15-6-12(18)16-9-1-2-9/h5,7,9-10H,1-4,6H2,(H,15,19)(H,16,18). The molecule has 0 saturated heterocycles. The average molecular weight is 326 g/mol. The van der Waals surface area contributed by atoms with Crippen LogP contribution in [0.4, 0.5) is 0 Å². The Morgan fingerprint density at radius 1 is 1.32 bits per heavy atom. The predicted molar refractivity (Wildman–Crippen MR) is 73.9 cm³/mol. The van der Waals surface area contributed by atoms with Crippen molar-refractivity contribution < 1.29 is 9.59 Å². The normalized spacial score (nSPS) is 18.2. The number of halogens is 1. The Kier molecular flexibility index (Phi) is 3.35. The summed E-state index contributed by atoms with van der Waals surface area (Å²) in [6.45, 7) is 0.0444. The predicted octanol–water partition coefficient (Wildman–Crippen LogP) is 1.59. The van der Waals surface area contributed by atoms with Gasteiger partial charge in [-0.05, 0) is 47.7 Å². The molecule has 0 aromatic carbocycles. The van der Waals surface area contributed by atoms with E-state index in [0.29, 0.717) is 17.8 Å². The first-order valence-corrected chi connectivity index (χ1v) is 7.38. The molecule has 2 aliphatic carbocycles. The van der Waals surface area contributed by atoms with E-state index in [-0.39, 0.29) is 18.4 Å². The molecule has 0 unspecified atom stereocenters. The van der Waals surface area contributed by atoms with Crippen LogP contribution >= 0.6 is 15.9 Å². The van der Waals surface area contributed by atoms with Gasteiger partial charge in [-0.1, -0.05) is 0 Å². The van der Waals surface area contributed by atoms with E-state index in [1.54, 1.807) is 6.07 Å². The van der Waals surface area contributed by atoms with Crippen LogP contribution in [0.2, 0.25) is 0 Å². The van der Waals surface area contributed by atoms with Gasteiger partial charge in [-0.15, -0.1) is 0 Å². The summed E-state index contributed by atoms with van der Waals surface area (Å²) in [6.07, 6.45) is 6.26. The maximum Gasteiger partial charge on any atom is 0.268 e. The van der Waals surface area contributed by atoms with Gasteiger partial charge in [0.2, 0.25) is 5.91 Å². The van der Waals surface area contributed by atoms with E-state index >= 15 is 0 Å². The third-order valence-corrected chi connectivity index (χ3v) is 3.77. The maximum absolute atomic E-state index is 12.1. The average Bonchev–Trinajstić information content (AvgIpc) is 3.27. The molecule has 19 heavy (non-hydrogen) atoms. The number of hydrogen-bond acceptors (Lipinski definition) is 2. The van der Waals surface area contributed by atoms with Crippen molar-refractivity contribution >= 4 is 27.7 Å². The molecular formula is C13H16BrN3O2. The van der Waals surface area contributed by atoms with Crippen LogP contribution in [0.1, 0.15) is 42.2 Å². The fourth-order valence-corrected chi connectivity index (χ4v) is 2.48. The monoisotopic (exact) mass is 325 g/mol. The molecule has 2 amide bonds. The zero-order valence-electron chi connectivity index (χ0n) is 10.5. The summed E-state index contributed by atoms with van der Waals surface area (Å²) in [4.78, 5) is 23.6. The van der Waals surface area contributed by atoms with E-state index in [1.165, 1.54) is 0 Å². The Bertz CT molecular complexity index is 518. The first-order chi connectivity index (χ1) is 9.13. The van der Waals surface area contributed by atoms with Crippen molar-refractivity contribution in [3.05, 3.63) is 22.4 Å². The van der Waals surface area contributed by atoms with Gasteiger partial charge in [0.05, 0.1) is 6.54 Å². The highest BCUT2D eigenvalue weighted by molar-refractivity contribution is 9.10. The smallest absolute Gasteiger partial charge is 0.268 e. The first kappa shape index (κ1) is 12.7. The second-order valence-electron chi connectivity index (χ2n) is 5.21. The molecule has 0 atom stereocenters. The number of nitrogens with one attached hydrogen (secondary N) is 2. The Hall–Kier alpha value is -1.30. The van der Waals surface area contributed by atoms with E-state index in [1.807, 2.05) is 10.8 Å². The molecular weight excluding hydrogens is 310 g/mol. The number of carbonyl (C=O) groups excluding carboxylic acids is 2. The molecule has 0 radical (unpaired) electrons. The number of rotatable bonds is 5. The lowest BCUT2D eigenvalue weighted by atomic mass is 10.4. The number of nitrogens with zero attached hydrogens (tertiary/aromatic N) is 1. The molecule has 3 rings (SSSR count). The molecule has 1 heterocycles. The van der Waals surface area contributed by atoms with Crippen LogP contribution in [-0.2, 0) is 4.79 Å². The SMILES string of the molecule is O=C(CNC(=O)c1cc(Br)cn1C1CC1)NC1CC1. The molecule has 2 aliphatic rings.